The summed E-state index contributed by atoms with van der Waals surface area (Å²) in [6.07, 6.45) is 2.66. The first-order valence-corrected chi connectivity index (χ1v) is 14.6. The lowest BCUT2D eigenvalue weighted by atomic mass is 9.84. The molecule has 1 amide bonds. The van der Waals surface area contributed by atoms with E-state index in [9.17, 15) is 14.4 Å². The Labute approximate surface area is 239 Å². The van der Waals surface area contributed by atoms with Crippen LogP contribution in [0.5, 0.6) is 5.75 Å². The predicted octanol–water partition coefficient (Wildman–Crippen LogP) is 4.73. The average molecular weight is 578 g/mol. The van der Waals surface area contributed by atoms with Gasteiger partial charge in [-0.2, -0.15) is 0 Å². The Morgan fingerprint density at radius 2 is 1.95 bits per heavy atom. The molecule has 1 N–H and O–H groups in total. The number of amides is 1. The van der Waals surface area contributed by atoms with E-state index in [4.69, 9.17) is 9.47 Å². The van der Waals surface area contributed by atoms with Gasteiger partial charge in [-0.15, -0.1) is 11.8 Å². The molecule has 2 aliphatic heterocycles. The van der Waals surface area contributed by atoms with Crippen molar-refractivity contribution < 1.29 is 28.2 Å². The Hall–Kier alpha value is -3.99. The standard InChI is InChI=1S/C30H28FN3O6S/c1-38-30(37)40-15-39-28-25(35)12-24(34-27(28)29(36)33(14-32-34)23-10-16-8-18(23)9-16)19-6-7-22(31)21-13-41-26-5-3-2-4-17(26)11-20(19)21/h2-7,12,16,18,23,32H,8-11,13-15H2,1H3. The maximum atomic E-state index is 15.2. The molecule has 0 radical (unpaired) electrons. The Balaban J connectivity index is 1.35. The number of pyridine rings is 1. The van der Waals surface area contributed by atoms with E-state index in [2.05, 4.69) is 10.2 Å². The molecule has 2 aromatic carbocycles. The minimum Gasteiger partial charge on any atom is -0.451 e. The lowest BCUT2D eigenvalue weighted by Crippen LogP contribution is -2.52. The van der Waals surface area contributed by atoms with E-state index in [-0.39, 0.29) is 35.9 Å². The summed E-state index contributed by atoms with van der Waals surface area (Å²) >= 11 is 1.58. The molecule has 0 spiro atoms. The van der Waals surface area contributed by atoms with Gasteiger partial charge >= 0.3 is 6.16 Å². The molecule has 3 heterocycles. The summed E-state index contributed by atoms with van der Waals surface area (Å²) in [6, 6.07) is 12.5. The second kappa shape index (κ2) is 10.1. The van der Waals surface area contributed by atoms with Crippen LogP contribution < -0.4 is 15.6 Å². The fraction of sp³-hybridized carbons (Fsp3) is 0.367. The molecule has 9 nitrogen and oxygen atoms in total. The zero-order valence-corrected chi connectivity index (χ0v) is 23.2. The third-order valence-electron chi connectivity index (χ3n) is 8.73. The van der Waals surface area contributed by atoms with Crippen LogP contribution in [0.25, 0.3) is 11.3 Å². The molecule has 1 aromatic heterocycles. The Morgan fingerprint density at radius 1 is 1.12 bits per heavy atom. The van der Waals surface area contributed by atoms with Crippen molar-refractivity contribution in [2.75, 3.05) is 26.0 Å². The lowest BCUT2D eigenvalue weighted by Gasteiger charge is -2.38. The zero-order valence-electron chi connectivity index (χ0n) is 22.4. The number of benzene rings is 2. The minimum absolute atomic E-state index is 0.0257. The summed E-state index contributed by atoms with van der Waals surface area (Å²) in [5.74, 6) is 0.666. The number of nitrogens with zero attached hydrogens (tertiary/aromatic N) is 2. The van der Waals surface area contributed by atoms with Gasteiger partial charge in [-0.1, -0.05) is 18.2 Å². The van der Waals surface area contributed by atoms with Gasteiger partial charge in [0.1, 0.15) is 12.5 Å². The summed E-state index contributed by atoms with van der Waals surface area (Å²) in [4.78, 5) is 42.0. The van der Waals surface area contributed by atoms with Gasteiger partial charge in [0.2, 0.25) is 18.0 Å². The molecule has 0 saturated heterocycles. The summed E-state index contributed by atoms with van der Waals surface area (Å²) in [5.41, 5.74) is 6.32. The summed E-state index contributed by atoms with van der Waals surface area (Å²) in [7, 11) is 1.16. The van der Waals surface area contributed by atoms with Crippen LogP contribution >= 0.6 is 11.8 Å². The van der Waals surface area contributed by atoms with E-state index in [0.717, 1.165) is 42.4 Å². The number of halogens is 1. The van der Waals surface area contributed by atoms with Crippen LogP contribution in [0.4, 0.5) is 9.18 Å². The fourth-order valence-electron chi connectivity index (χ4n) is 6.71. The van der Waals surface area contributed by atoms with Gasteiger partial charge in [-0.3, -0.25) is 9.59 Å². The number of carbonyl (C=O) groups is 2. The van der Waals surface area contributed by atoms with Gasteiger partial charge in [0, 0.05) is 33.9 Å². The van der Waals surface area contributed by atoms with Gasteiger partial charge in [-0.25, -0.2) is 13.9 Å². The molecular formula is C30H28FN3O6S. The van der Waals surface area contributed by atoms with Crippen molar-refractivity contribution in [2.45, 2.75) is 42.4 Å². The molecule has 1 unspecified atom stereocenters. The second-order valence-corrected chi connectivity index (χ2v) is 11.9. The number of nitrogens with one attached hydrogen (secondary N) is 1. The Morgan fingerprint density at radius 3 is 2.73 bits per heavy atom. The fourth-order valence-corrected chi connectivity index (χ4v) is 7.82. The molecule has 3 fully saturated rings. The molecule has 3 aromatic rings. The first-order chi connectivity index (χ1) is 19.9. The summed E-state index contributed by atoms with van der Waals surface area (Å²) < 4.78 is 31.7. The number of rotatable bonds is 5. The summed E-state index contributed by atoms with van der Waals surface area (Å²) in [6.45, 7) is -0.342. The molecule has 1 atom stereocenters. The highest BCUT2D eigenvalue weighted by Gasteiger charge is 2.49. The van der Waals surface area contributed by atoms with Crippen LogP contribution in [-0.2, 0) is 21.6 Å². The number of fused-ring (bicyclic) bond motifs is 4. The van der Waals surface area contributed by atoms with Crippen LogP contribution in [0.1, 0.15) is 46.4 Å². The van der Waals surface area contributed by atoms with Crippen molar-refractivity contribution in [3.63, 3.8) is 0 Å². The van der Waals surface area contributed by atoms with Crippen molar-refractivity contribution in [2.24, 2.45) is 11.8 Å². The van der Waals surface area contributed by atoms with Gasteiger partial charge in [0.15, 0.2) is 5.69 Å². The van der Waals surface area contributed by atoms with Crippen LogP contribution in [0, 0.1) is 17.7 Å². The van der Waals surface area contributed by atoms with Crippen molar-refractivity contribution in [1.29, 1.82) is 0 Å². The quantitative estimate of drug-likeness (QED) is 0.344. The van der Waals surface area contributed by atoms with Gasteiger partial charge < -0.3 is 24.5 Å². The van der Waals surface area contributed by atoms with Crippen molar-refractivity contribution in [3.05, 3.63) is 80.9 Å². The van der Waals surface area contributed by atoms with Crippen LogP contribution in [0.2, 0.25) is 0 Å². The Bertz CT molecular complexity index is 1640. The average Bonchev–Trinajstić information content (AvgIpc) is 3.50. The molecule has 8 rings (SSSR count). The normalized spacial score (nSPS) is 22.0. The van der Waals surface area contributed by atoms with Crippen molar-refractivity contribution in [1.82, 2.24) is 9.58 Å². The van der Waals surface area contributed by atoms with Gasteiger partial charge in [0.25, 0.3) is 5.91 Å². The largest absolute Gasteiger partial charge is 0.510 e. The van der Waals surface area contributed by atoms with Gasteiger partial charge in [-0.05, 0) is 66.8 Å². The highest BCUT2D eigenvalue weighted by molar-refractivity contribution is 7.98. The topological polar surface area (TPSA) is 99.1 Å². The highest BCUT2D eigenvalue weighted by Crippen LogP contribution is 2.51. The third kappa shape index (κ3) is 4.34. The van der Waals surface area contributed by atoms with Crippen LogP contribution in [-0.4, -0.2) is 48.3 Å². The number of carbonyl (C=O) groups excluding carboxylic acids is 2. The van der Waals surface area contributed by atoms with E-state index in [1.807, 2.05) is 24.3 Å². The number of hydrogen-bond acceptors (Lipinski definition) is 8. The highest BCUT2D eigenvalue weighted by atomic mass is 32.2. The molecule has 41 heavy (non-hydrogen) atoms. The zero-order chi connectivity index (χ0) is 28.2. The molecule has 212 valence electrons. The molecule has 3 aliphatic carbocycles. The number of methoxy groups -OCH3 is 1. The van der Waals surface area contributed by atoms with Gasteiger partial charge in [0.05, 0.1) is 12.8 Å². The van der Waals surface area contributed by atoms with Crippen LogP contribution in [0.15, 0.2) is 52.2 Å². The number of ether oxygens (including phenoxy) is 3. The minimum atomic E-state index is -0.973. The number of aromatic nitrogens is 1. The van der Waals surface area contributed by atoms with E-state index >= 15 is 4.39 Å². The number of thioether (sulfide) groups is 1. The maximum absolute atomic E-state index is 15.2. The van der Waals surface area contributed by atoms with Crippen molar-refractivity contribution in [3.8, 4) is 17.0 Å². The molecule has 3 saturated carbocycles. The first-order valence-electron chi connectivity index (χ1n) is 13.6. The smallest absolute Gasteiger partial charge is 0.451 e. The molecule has 11 heteroatoms. The molecular weight excluding hydrogens is 549 g/mol. The second-order valence-electron chi connectivity index (χ2n) is 10.9. The lowest BCUT2D eigenvalue weighted by molar-refractivity contribution is 0.0135. The van der Waals surface area contributed by atoms with E-state index < -0.39 is 18.4 Å². The summed E-state index contributed by atoms with van der Waals surface area (Å²) in [5, 5.41) is 0. The van der Waals surface area contributed by atoms with Crippen molar-refractivity contribution >= 4 is 23.8 Å². The molecule has 5 aliphatic rings. The van der Waals surface area contributed by atoms with Crippen LogP contribution in [0.3, 0.4) is 0 Å². The maximum Gasteiger partial charge on any atom is 0.510 e. The Kier molecular flexibility index (Phi) is 6.41. The monoisotopic (exact) mass is 577 g/mol. The molecule has 2 bridgehead atoms. The predicted molar refractivity (Wildman–Crippen MR) is 149 cm³/mol. The first kappa shape index (κ1) is 25.9. The van der Waals surface area contributed by atoms with E-state index in [0.29, 0.717) is 40.8 Å². The number of hydrogen-bond donors (Lipinski definition) is 1. The van der Waals surface area contributed by atoms with E-state index in [1.165, 1.54) is 12.1 Å². The SMILES string of the molecule is COC(=O)OCOc1c2n(c(-c3ccc(F)c4c3Cc3ccccc3SC4)cc1=O)NCN(C1CC3CC1C3)C2=O. The third-order valence-corrected chi connectivity index (χ3v) is 9.88. The van der Waals surface area contributed by atoms with E-state index in [1.54, 1.807) is 27.4 Å².